The Morgan fingerprint density at radius 2 is 1.11 bits per heavy atom. The van der Waals surface area contributed by atoms with Crippen molar-refractivity contribution in [1.29, 1.82) is 0 Å². The van der Waals surface area contributed by atoms with Crippen LogP contribution < -0.4 is 16.2 Å². The molecule has 2 saturated carbocycles. The molecule has 2 fully saturated rings. The number of rotatable bonds is 8. The number of nitrogens with one attached hydrogen (secondary N) is 1. The molecule has 0 heterocycles. The van der Waals surface area contributed by atoms with Crippen LogP contribution in [-0.4, -0.2) is 0 Å². The Hall–Kier alpha value is -4.08. The van der Waals surface area contributed by atoms with Gasteiger partial charge in [-0.25, -0.2) is 5.84 Å². The van der Waals surface area contributed by atoms with Gasteiger partial charge in [0.2, 0.25) is 0 Å². The van der Waals surface area contributed by atoms with Crippen molar-refractivity contribution in [2.45, 2.75) is 31.2 Å². The van der Waals surface area contributed by atoms with Gasteiger partial charge in [0, 0.05) is 11.4 Å². The van der Waals surface area contributed by atoms with Gasteiger partial charge in [0.15, 0.2) is 0 Å². The molecule has 6 rings (SSSR count). The number of anilines is 2. The molecule has 178 valence electrons. The summed E-state index contributed by atoms with van der Waals surface area (Å²) in [4.78, 5) is 0. The fourth-order valence-electron chi connectivity index (χ4n) is 4.99. The molecule has 2 aliphatic carbocycles. The van der Waals surface area contributed by atoms with Crippen molar-refractivity contribution in [3.05, 3.63) is 155 Å². The van der Waals surface area contributed by atoms with Gasteiger partial charge in [-0.3, -0.25) is 5.01 Å². The molecular formula is C33H31N3. The van der Waals surface area contributed by atoms with E-state index in [-0.39, 0.29) is 0 Å². The minimum atomic E-state index is -0.698. The summed E-state index contributed by atoms with van der Waals surface area (Å²) in [5.74, 6) is 7.15. The lowest BCUT2D eigenvalue weighted by atomic mass is 9.76. The first-order valence-corrected chi connectivity index (χ1v) is 12.8. The third-order valence-corrected chi connectivity index (χ3v) is 7.13. The Balaban J connectivity index is 1.43. The lowest BCUT2D eigenvalue weighted by Gasteiger charge is -2.44. The third kappa shape index (κ3) is 4.34. The van der Waals surface area contributed by atoms with Gasteiger partial charge in [-0.15, -0.1) is 0 Å². The van der Waals surface area contributed by atoms with E-state index in [2.05, 4.69) is 127 Å². The normalized spacial score (nSPS) is 14.2. The van der Waals surface area contributed by atoms with E-state index < -0.39 is 5.54 Å². The molecule has 3 nitrogen and oxygen atoms in total. The molecule has 0 atom stereocenters. The van der Waals surface area contributed by atoms with Gasteiger partial charge in [0.25, 0.3) is 0 Å². The molecule has 3 heteroatoms. The summed E-state index contributed by atoms with van der Waals surface area (Å²) in [5.41, 5.74) is 9.03. The average Bonchev–Trinajstić information content (AvgIpc) is 3.86. The molecular weight excluding hydrogens is 438 g/mol. The van der Waals surface area contributed by atoms with Crippen molar-refractivity contribution in [3.8, 4) is 0 Å². The molecule has 0 amide bonds. The van der Waals surface area contributed by atoms with E-state index in [9.17, 15) is 0 Å². The highest BCUT2D eigenvalue weighted by molar-refractivity contribution is 5.65. The number of nitrogens with two attached hydrogens (primary N) is 1. The van der Waals surface area contributed by atoms with E-state index in [1.807, 2.05) is 5.01 Å². The number of nitrogens with zero attached hydrogens (tertiary/aromatic N) is 1. The van der Waals surface area contributed by atoms with Crippen molar-refractivity contribution in [3.63, 3.8) is 0 Å². The second-order valence-electron chi connectivity index (χ2n) is 9.67. The minimum absolute atomic E-state index is 0.698. The molecule has 0 aromatic heterocycles. The summed E-state index contributed by atoms with van der Waals surface area (Å²) in [7, 11) is 0. The molecule has 0 saturated heterocycles. The van der Waals surface area contributed by atoms with Crippen molar-refractivity contribution in [2.75, 3.05) is 10.3 Å². The zero-order valence-electron chi connectivity index (χ0n) is 20.4. The zero-order chi connectivity index (χ0) is 24.4. The predicted octanol–water partition coefficient (Wildman–Crippen LogP) is 7.54. The molecule has 4 aromatic rings. The highest BCUT2D eigenvalue weighted by Gasteiger charge is 2.41. The van der Waals surface area contributed by atoms with Gasteiger partial charge >= 0.3 is 0 Å². The fraction of sp³-hybridized carbons (Fsp3) is 0.152. The van der Waals surface area contributed by atoms with Crippen LogP contribution in [0.2, 0.25) is 0 Å². The van der Waals surface area contributed by atoms with E-state index in [4.69, 9.17) is 5.84 Å². The molecule has 0 radical (unpaired) electrons. The van der Waals surface area contributed by atoms with Crippen molar-refractivity contribution >= 4 is 11.4 Å². The fourth-order valence-corrected chi connectivity index (χ4v) is 4.99. The molecule has 0 spiro atoms. The maximum absolute atomic E-state index is 7.15. The molecule has 2 aliphatic rings. The number of hydrogen-bond acceptors (Lipinski definition) is 3. The molecule has 0 bridgehead atoms. The van der Waals surface area contributed by atoms with Crippen molar-refractivity contribution in [2.24, 2.45) is 5.84 Å². The summed E-state index contributed by atoms with van der Waals surface area (Å²) >= 11 is 0. The highest BCUT2D eigenvalue weighted by atomic mass is 15.4. The number of benzene rings is 4. The van der Waals surface area contributed by atoms with Crippen LogP contribution in [0.3, 0.4) is 0 Å². The first-order chi connectivity index (χ1) is 17.7. The van der Waals surface area contributed by atoms with E-state index in [0.29, 0.717) is 0 Å². The van der Waals surface area contributed by atoms with Gasteiger partial charge in [0.05, 0.1) is 5.69 Å². The first-order valence-electron chi connectivity index (χ1n) is 12.8. The van der Waals surface area contributed by atoms with E-state index in [0.717, 1.165) is 28.1 Å². The number of hydrazine groups is 1. The molecule has 0 unspecified atom stereocenters. The van der Waals surface area contributed by atoms with Gasteiger partial charge in [0.1, 0.15) is 5.54 Å². The van der Waals surface area contributed by atoms with Gasteiger partial charge in [-0.05, 0) is 78.3 Å². The van der Waals surface area contributed by atoms with Gasteiger partial charge < -0.3 is 5.32 Å². The minimum Gasteiger partial charge on any atom is -0.356 e. The Kier molecular flexibility index (Phi) is 5.92. The third-order valence-electron chi connectivity index (χ3n) is 7.13. The quantitative estimate of drug-likeness (QED) is 0.159. The van der Waals surface area contributed by atoms with Crippen LogP contribution in [0.25, 0.3) is 0 Å². The summed E-state index contributed by atoms with van der Waals surface area (Å²) in [6.45, 7) is 0. The second-order valence-corrected chi connectivity index (χ2v) is 9.67. The summed E-state index contributed by atoms with van der Waals surface area (Å²) in [5, 5.41) is 5.58. The van der Waals surface area contributed by atoms with Crippen LogP contribution >= 0.6 is 0 Å². The van der Waals surface area contributed by atoms with Crippen LogP contribution in [-0.2, 0) is 5.54 Å². The van der Waals surface area contributed by atoms with Crippen LogP contribution in [0.1, 0.15) is 42.4 Å². The average molecular weight is 470 g/mol. The summed E-state index contributed by atoms with van der Waals surface area (Å²) < 4.78 is 0. The Morgan fingerprint density at radius 3 is 1.53 bits per heavy atom. The topological polar surface area (TPSA) is 41.3 Å². The largest absolute Gasteiger partial charge is 0.356 e. The van der Waals surface area contributed by atoms with Gasteiger partial charge in [-0.1, -0.05) is 96.6 Å². The molecule has 36 heavy (non-hydrogen) atoms. The van der Waals surface area contributed by atoms with Crippen LogP contribution in [0.4, 0.5) is 11.4 Å². The lowest BCUT2D eigenvalue weighted by molar-refractivity contribution is 0.572. The second kappa shape index (κ2) is 9.52. The highest BCUT2D eigenvalue weighted by Crippen LogP contribution is 2.43. The summed E-state index contributed by atoms with van der Waals surface area (Å²) in [6, 6.07) is 40.1. The monoisotopic (exact) mass is 469 g/mol. The smallest absolute Gasteiger partial charge is 0.131 e. The molecule has 0 aliphatic heterocycles. The number of allylic oxidation sites excluding steroid dienone is 3. The lowest BCUT2D eigenvalue weighted by Crippen LogP contribution is -2.52. The maximum Gasteiger partial charge on any atom is 0.131 e. The van der Waals surface area contributed by atoms with Crippen molar-refractivity contribution < 1.29 is 0 Å². The maximum atomic E-state index is 7.15. The van der Waals surface area contributed by atoms with Crippen LogP contribution in [0.5, 0.6) is 0 Å². The van der Waals surface area contributed by atoms with Crippen molar-refractivity contribution in [1.82, 2.24) is 0 Å². The zero-order valence-corrected chi connectivity index (χ0v) is 20.4. The van der Waals surface area contributed by atoms with Gasteiger partial charge in [-0.2, -0.15) is 0 Å². The Labute approximate surface area is 213 Å². The SMILES string of the molecule is NN(c1ccc(NC(C=C2CC2)=C2CC2)cc1)C(c1ccccc1)(c1ccccc1)c1ccccc1. The Morgan fingerprint density at radius 1 is 0.639 bits per heavy atom. The molecule has 4 aromatic carbocycles. The van der Waals surface area contributed by atoms with E-state index in [1.165, 1.54) is 37.0 Å². The van der Waals surface area contributed by atoms with E-state index >= 15 is 0 Å². The first kappa shape index (κ1) is 22.4. The standard InChI is InChI=1S/C33H31N3/c34-36(31-22-20-30(21-23-31)35-32(26-18-19-26)24-25-16-17-25)33(27-10-4-1-5-11-27,28-12-6-2-7-13-28)29-14-8-3-9-15-29/h1-15,20-24,35H,16-19,34H2. The summed E-state index contributed by atoms with van der Waals surface area (Å²) in [6.07, 6.45) is 7.22. The Bertz CT molecular complexity index is 1280. The number of hydrogen-bond donors (Lipinski definition) is 2. The van der Waals surface area contributed by atoms with Crippen LogP contribution in [0, 0.1) is 0 Å². The molecule has 3 N–H and O–H groups in total. The van der Waals surface area contributed by atoms with E-state index in [1.54, 1.807) is 5.57 Å². The van der Waals surface area contributed by atoms with Crippen LogP contribution in [0.15, 0.2) is 138 Å². The predicted molar refractivity (Wildman–Crippen MR) is 150 cm³/mol.